The molecule has 1 aliphatic heterocycles. The Morgan fingerprint density at radius 2 is 2.17 bits per heavy atom. The van der Waals surface area contributed by atoms with Crippen molar-refractivity contribution in [3.8, 4) is 0 Å². The minimum absolute atomic E-state index is 0.107. The number of benzene rings is 1. The third-order valence-electron chi connectivity index (χ3n) is 4.02. The Morgan fingerprint density at radius 3 is 2.67 bits per heavy atom. The molecule has 1 heterocycles. The summed E-state index contributed by atoms with van der Waals surface area (Å²) in [5.74, 6) is 0. The fourth-order valence-electron chi connectivity index (χ4n) is 2.57. The molecule has 0 amide bonds. The molecule has 0 spiro atoms. The molecule has 0 aliphatic carbocycles. The van der Waals surface area contributed by atoms with Gasteiger partial charge in [-0.25, -0.2) is 0 Å². The van der Waals surface area contributed by atoms with E-state index in [1.165, 1.54) is 11.3 Å². The largest absolute Gasteiger partial charge is 0.394 e. The van der Waals surface area contributed by atoms with E-state index in [0.717, 1.165) is 24.0 Å². The van der Waals surface area contributed by atoms with Crippen LogP contribution in [-0.2, 0) is 0 Å². The SMILES string of the molecule is Cc1ccc(N2CCC(CO)(N(C)C)C2)c(Br)c1. The summed E-state index contributed by atoms with van der Waals surface area (Å²) in [4.78, 5) is 4.49. The monoisotopic (exact) mass is 312 g/mol. The van der Waals surface area contributed by atoms with E-state index >= 15 is 0 Å². The van der Waals surface area contributed by atoms with Gasteiger partial charge in [-0.05, 0) is 61.1 Å². The first-order valence-corrected chi connectivity index (χ1v) is 7.07. The fraction of sp³-hybridized carbons (Fsp3) is 0.571. The van der Waals surface area contributed by atoms with Crippen LogP contribution < -0.4 is 4.90 Å². The van der Waals surface area contributed by atoms with Gasteiger partial charge in [0, 0.05) is 17.6 Å². The second-order valence-corrected chi connectivity index (χ2v) is 6.26. The first kappa shape index (κ1) is 13.8. The quantitative estimate of drug-likeness (QED) is 0.927. The highest BCUT2D eigenvalue weighted by atomic mass is 79.9. The zero-order valence-electron chi connectivity index (χ0n) is 11.3. The summed E-state index contributed by atoms with van der Waals surface area (Å²) in [6, 6.07) is 6.43. The van der Waals surface area contributed by atoms with E-state index in [0.29, 0.717) is 0 Å². The lowest BCUT2D eigenvalue weighted by molar-refractivity contribution is 0.0867. The Hall–Kier alpha value is -0.580. The average Bonchev–Trinajstić information content (AvgIpc) is 2.74. The standard InChI is InChI=1S/C14H21BrN2O/c1-11-4-5-13(12(15)8-11)17-7-6-14(9-17,10-18)16(2)3/h4-5,8,18H,6-7,9-10H2,1-3H3. The van der Waals surface area contributed by atoms with Crippen LogP contribution in [0.1, 0.15) is 12.0 Å². The van der Waals surface area contributed by atoms with Crippen molar-refractivity contribution in [3.05, 3.63) is 28.2 Å². The number of aliphatic hydroxyl groups is 1. The molecule has 0 radical (unpaired) electrons. The van der Waals surface area contributed by atoms with E-state index < -0.39 is 0 Å². The van der Waals surface area contributed by atoms with Gasteiger partial charge >= 0.3 is 0 Å². The van der Waals surface area contributed by atoms with Gasteiger partial charge in [-0.1, -0.05) is 6.07 Å². The van der Waals surface area contributed by atoms with Crippen molar-refractivity contribution in [1.29, 1.82) is 0 Å². The second kappa shape index (κ2) is 5.19. The van der Waals surface area contributed by atoms with Crippen molar-refractivity contribution in [2.75, 3.05) is 38.7 Å². The summed E-state index contributed by atoms with van der Waals surface area (Å²) in [6.07, 6.45) is 0.997. The number of aryl methyl sites for hydroxylation is 1. The molecule has 3 nitrogen and oxygen atoms in total. The number of hydrogen-bond acceptors (Lipinski definition) is 3. The molecular formula is C14H21BrN2O. The Labute approximate surface area is 118 Å². The Kier molecular flexibility index (Phi) is 3.99. The van der Waals surface area contributed by atoms with Crippen LogP contribution in [0.3, 0.4) is 0 Å². The summed E-state index contributed by atoms with van der Waals surface area (Å²) in [5, 5.41) is 9.68. The van der Waals surface area contributed by atoms with Gasteiger partial charge in [0.05, 0.1) is 17.8 Å². The highest BCUT2D eigenvalue weighted by molar-refractivity contribution is 9.10. The van der Waals surface area contributed by atoms with Crippen molar-refractivity contribution in [1.82, 2.24) is 4.90 Å². The number of likely N-dealkylation sites (N-methyl/N-ethyl adjacent to an activating group) is 1. The molecule has 1 aromatic carbocycles. The van der Waals surface area contributed by atoms with E-state index in [4.69, 9.17) is 0 Å². The Morgan fingerprint density at radius 1 is 1.44 bits per heavy atom. The van der Waals surface area contributed by atoms with Crippen molar-refractivity contribution in [3.63, 3.8) is 0 Å². The molecule has 2 rings (SSSR count). The van der Waals surface area contributed by atoms with Crippen molar-refractivity contribution < 1.29 is 5.11 Å². The minimum Gasteiger partial charge on any atom is -0.394 e. The zero-order valence-corrected chi connectivity index (χ0v) is 12.9. The van der Waals surface area contributed by atoms with Gasteiger partial charge in [-0.3, -0.25) is 4.90 Å². The maximum absolute atomic E-state index is 9.68. The summed E-state index contributed by atoms with van der Waals surface area (Å²) >= 11 is 3.64. The molecule has 4 heteroatoms. The van der Waals surface area contributed by atoms with Crippen molar-refractivity contribution in [2.45, 2.75) is 18.9 Å². The molecule has 1 atom stereocenters. The first-order valence-electron chi connectivity index (χ1n) is 6.28. The maximum atomic E-state index is 9.68. The summed E-state index contributed by atoms with van der Waals surface area (Å²) in [6.45, 7) is 4.16. The molecule has 1 fully saturated rings. The van der Waals surface area contributed by atoms with Crippen LogP contribution in [0, 0.1) is 6.92 Å². The Balaban J connectivity index is 2.22. The second-order valence-electron chi connectivity index (χ2n) is 5.40. The van der Waals surface area contributed by atoms with Gasteiger partial charge in [0.1, 0.15) is 0 Å². The van der Waals surface area contributed by atoms with Gasteiger partial charge in [0.2, 0.25) is 0 Å². The molecule has 1 aromatic rings. The zero-order chi connectivity index (χ0) is 13.3. The molecule has 0 aromatic heterocycles. The maximum Gasteiger partial charge on any atom is 0.0633 e. The van der Waals surface area contributed by atoms with Crippen LogP contribution >= 0.6 is 15.9 Å². The minimum atomic E-state index is -0.107. The number of aliphatic hydroxyl groups excluding tert-OH is 1. The molecule has 0 saturated carbocycles. The number of hydrogen-bond donors (Lipinski definition) is 1. The predicted molar refractivity (Wildman–Crippen MR) is 79.2 cm³/mol. The van der Waals surface area contributed by atoms with Crippen LogP contribution in [0.15, 0.2) is 22.7 Å². The molecule has 1 aliphatic rings. The fourth-order valence-corrected chi connectivity index (χ4v) is 3.31. The van der Waals surface area contributed by atoms with Crippen LogP contribution in [0.25, 0.3) is 0 Å². The molecule has 18 heavy (non-hydrogen) atoms. The molecule has 0 bridgehead atoms. The van der Waals surface area contributed by atoms with E-state index in [1.807, 2.05) is 14.1 Å². The van der Waals surface area contributed by atoms with E-state index in [1.54, 1.807) is 0 Å². The lowest BCUT2D eigenvalue weighted by atomic mass is 9.99. The number of halogens is 1. The summed E-state index contributed by atoms with van der Waals surface area (Å²) in [7, 11) is 4.09. The van der Waals surface area contributed by atoms with Gasteiger partial charge in [0.15, 0.2) is 0 Å². The van der Waals surface area contributed by atoms with Crippen LogP contribution in [0.5, 0.6) is 0 Å². The molecular weight excluding hydrogens is 292 g/mol. The van der Waals surface area contributed by atoms with Crippen LogP contribution in [0.4, 0.5) is 5.69 Å². The smallest absolute Gasteiger partial charge is 0.0633 e. The topological polar surface area (TPSA) is 26.7 Å². The highest BCUT2D eigenvalue weighted by Gasteiger charge is 2.39. The van der Waals surface area contributed by atoms with Crippen LogP contribution in [0.2, 0.25) is 0 Å². The number of anilines is 1. The lowest BCUT2D eigenvalue weighted by Gasteiger charge is -2.34. The number of rotatable bonds is 3. The van der Waals surface area contributed by atoms with Crippen molar-refractivity contribution >= 4 is 21.6 Å². The normalized spacial score (nSPS) is 24.0. The van der Waals surface area contributed by atoms with Gasteiger partial charge in [0.25, 0.3) is 0 Å². The van der Waals surface area contributed by atoms with Gasteiger partial charge in [-0.2, -0.15) is 0 Å². The predicted octanol–water partition coefficient (Wildman–Crippen LogP) is 2.26. The number of nitrogens with zero attached hydrogens (tertiary/aromatic N) is 2. The van der Waals surface area contributed by atoms with E-state index in [-0.39, 0.29) is 12.1 Å². The Bertz CT molecular complexity index is 436. The van der Waals surface area contributed by atoms with Crippen molar-refractivity contribution in [2.24, 2.45) is 0 Å². The van der Waals surface area contributed by atoms with Gasteiger partial charge < -0.3 is 10.0 Å². The summed E-state index contributed by atoms with van der Waals surface area (Å²) in [5.41, 5.74) is 2.37. The molecule has 100 valence electrons. The highest BCUT2D eigenvalue weighted by Crippen LogP contribution is 2.34. The third kappa shape index (κ3) is 2.42. The van der Waals surface area contributed by atoms with E-state index in [2.05, 4.69) is 50.9 Å². The lowest BCUT2D eigenvalue weighted by Crippen LogP contribution is -2.49. The average molecular weight is 313 g/mol. The third-order valence-corrected chi connectivity index (χ3v) is 4.65. The molecule has 1 N–H and O–H groups in total. The molecule has 1 unspecified atom stereocenters. The first-order chi connectivity index (χ1) is 8.48. The van der Waals surface area contributed by atoms with E-state index in [9.17, 15) is 5.11 Å². The van der Waals surface area contributed by atoms with Crippen LogP contribution in [-0.4, -0.2) is 49.3 Å². The molecule has 1 saturated heterocycles. The summed E-state index contributed by atoms with van der Waals surface area (Å²) < 4.78 is 1.13. The van der Waals surface area contributed by atoms with Gasteiger partial charge in [-0.15, -0.1) is 0 Å².